The summed E-state index contributed by atoms with van der Waals surface area (Å²) in [5, 5.41) is 5.55. The van der Waals surface area contributed by atoms with Crippen LogP contribution in [0.5, 0.6) is 0 Å². The van der Waals surface area contributed by atoms with Crippen LogP contribution in [-0.2, 0) is 9.53 Å². The van der Waals surface area contributed by atoms with Crippen molar-refractivity contribution in [2.75, 3.05) is 37.9 Å². The van der Waals surface area contributed by atoms with E-state index in [1.165, 1.54) is 0 Å². The number of anilines is 2. The maximum absolute atomic E-state index is 11.3. The quantitative estimate of drug-likeness (QED) is 0.584. The van der Waals surface area contributed by atoms with Crippen LogP contribution in [0.15, 0.2) is 18.2 Å². The van der Waals surface area contributed by atoms with Gasteiger partial charge in [-0.05, 0) is 12.1 Å². The lowest BCUT2D eigenvalue weighted by Gasteiger charge is -2.06. The van der Waals surface area contributed by atoms with E-state index in [4.69, 9.17) is 10.5 Å². The van der Waals surface area contributed by atoms with Crippen LogP contribution in [0, 0.1) is 0 Å². The summed E-state index contributed by atoms with van der Waals surface area (Å²) in [5.41, 5.74) is 5.50. The Morgan fingerprint density at radius 2 is 2.38 bits per heavy atom. The number of ether oxygens (including phenoxy) is 1. The highest BCUT2D eigenvalue weighted by molar-refractivity contribution is 5.80. The van der Waals surface area contributed by atoms with Gasteiger partial charge in [0.25, 0.3) is 0 Å². The van der Waals surface area contributed by atoms with Gasteiger partial charge in [-0.25, -0.2) is 4.98 Å². The van der Waals surface area contributed by atoms with Crippen LogP contribution < -0.4 is 16.4 Å². The third-order valence-corrected chi connectivity index (χ3v) is 1.83. The average molecular weight is 224 g/mol. The monoisotopic (exact) mass is 224 g/mol. The molecule has 0 saturated heterocycles. The second-order valence-electron chi connectivity index (χ2n) is 3.14. The number of pyridine rings is 1. The molecule has 0 aromatic carbocycles. The largest absolute Gasteiger partial charge is 0.384 e. The number of carbonyl (C=O) groups excluding carboxylic acids is 1. The fraction of sp³-hybridized carbons (Fsp3) is 0.400. The van der Waals surface area contributed by atoms with Gasteiger partial charge in [0.1, 0.15) is 11.6 Å². The highest BCUT2D eigenvalue weighted by Gasteiger charge is 2.00. The lowest BCUT2D eigenvalue weighted by Crippen LogP contribution is -2.32. The molecule has 88 valence electrons. The van der Waals surface area contributed by atoms with Crippen molar-refractivity contribution in [1.29, 1.82) is 0 Å². The molecule has 0 aliphatic carbocycles. The minimum absolute atomic E-state index is 0.110. The number of nitrogens with zero attached hydrogens (tertiary/aromatic N) is 1. The lowest BCUT2D eigenvalue weighted by molar-refractivity contribution is -0.119. The number of carbonyl (C=O) groups is 1. The zero-order chi connectivity index (χ0) is 11.8. The molecule has 16 heavy (non-hydrogen) atoms. The Morgan fingerprint density at radius 1 is 1.56 bits per heavy atom. The van der Waals surface area contributed by atoms with Crippen molar-refractivity contribution in [2.45, 2.75) is 0 Å². The van der Waals surface area contributed by atoms with E-state index in [2.05, 4.69) is 15.6 Å². The number of methoxy groups -OCH3 is 1. The highest BCUT2D eigenvalue weighted by atomic mass is 16.5. The van der Waals surface area contributed by atoms with E-state index in [9.17, 15) is 4.79 Å². The molecule has 0 aliphatic rings. The van der Waals surface area contributed by atoms with Crippen molar-refractivity contribution in [2.24, 2.45) is 0 Å². The number of nitrogen functional groups attached to an aromatic ring is 1. The normalized spacial score (nSPS) is 9.81. The van der Waals surface area contributed by atoms with Crippen molar-refractivity contribution in [1.82, 2.24) is 10.3 Å². The fourth-order valence-corrected chi connectivity index (χ4v) is 1.08. The molecule has 1 aromatic heterocycles. The van der Waals surface area contributed by atoms with Gasteiger partial charge in [0.15, 0.2) is 0 Å². The van der Waals surface area contributed by atoms with Gasteiger partial charge in [-0.15, -0.1) is 0 Å². The summed E-state index contributed by atoms with van der Waals surface area (Å²) in [7, 11) is 1.58. The van der Waals surface area contributed by atoms with E-state index >= 15 is 0 Å². The number of hydrogen-bond donors (Lipinski definition) is 3. The van der Waals surface area contributed by atoms with Gasteiger partial charge in [0, 0.05) is 13.7 Å². The molecule has 0 radical (unpaired) electrons. The first-order chi connectivity index (χ1) is 7.72. The van der Waals surface area contributed by atoms with E-state index in [0.717, 1.165) is 0 Å². The summed E-state index contributed by atoms with van der Waals surface area (Å²) in [5.74, 6) is 0.896. The predicted molar refractivity (Wildman–Crippen MR) is 62.0 cm³/mol. The smallest absolute Gasteiger partial charge is 0.239 e. The van der Waals surface area contributed by atoms with Crippen molar-refractivity contribution in [3.8, 4) is 0 Å². The molecule has 0 saturated carbocycles. The Balaban J connectivity index is 2.26. The van der Waals surface area contributed by atoms with Crippen molar-refractivity contribution in [3.63, 3.8) is 0 Å². The maximum atomic E-state index is 11.3. The standard InChI is InChI=1S/C10H16N4O2/c1-16-6-5-12-10(15)7-13-9-4-2-3-8(11)14-9/h2-4H,5-7H2,1H3,(H,12,15)(H3,11,13,14). The molecule has 1 amide bonds. The molecule has 0 unspecified atom stereocenters. The minimum Gasteiger partial charge on any atom is -0.384 e. The lowest BCUT2D eigenvalue weighted by atomic mass is 10.4. The molecule has 0 bridgehead atoms. The summed E-state index contributed by atoms with van der Waals surface area (Å²) < 4.78 is 4.81. The zero-order valence-corrected chi connectivity index (χ0v) is 9.19. The van der Waals surface area contributed by atoms with Crippen LogP contribution in [-0.4, -0.2) is 37.7 Å². The molecule has 6 nitrogen and oxygen atoms in total. The van der Waals surface area contributed by atoms with Crippen LogP contribution >= 0.6 is 0 Å². The first kappa shape index (κ1) is 12.3. The molecule has 0 atom stereocenters. The molecule has 1 rings (SSSR count). The Morgan fingerprint density at radius 3 is 3.06 bits per heavy atom. The number of rotatable bonds is 6. The minimum atomic E-state index is -0.110. The molecular weight excluding hydrogens is 208 g/mol. The topological polar surface area (TPSA) is 89.3 Å². The van der Waals surface area contributed by atoms with E-state index in [1.807, 2.05) is 0 Å². The second-order valence-corrected chi connectivity index (χ2v) is 3.14. The van der Waals surface area contributed by atoms with E-state index in [-0.39, 0.29) is 12.5 Å². The van der Waals surface area contributed by atoms with Gasteiger partial charge < -0.3 is 21.1 Å². The first-order valence-corrected chi connectivity index (χ1v) is 4.94. The third-order valence-electron chi connectivity index (χ3n) is 1.83. The molecule has 0 spiro atoms. The molecule has 4 N–H and O–H groups in total. The predicted octanol–water partition coefficient (Wildman–Crippen LogP) is -0.162. The van der Waals surface area contributed by atoms with Gasteiger partial charge in [0.2, 0.25) is 5.91 Å². The number of aromatic nitrogens is 1. The summed E-state index contributed by atoms with van der Waals surface area (Å²) in [6.07, 6.45) is 0. The fourth-order valence-electron chi connectivity index (χ4n) is 1.08. The van der Waals surface area contributed by atoms with E-state index < -0.39 is 0 Å². The molecular formula is C10H16N4O2. The van der Waals surface area contributed by atoms with Gasteiger partial charge in [-0.2, -0.15) is 0 Å². The zero-order valence-electron chi connectivity index (χ0n) is 9.19. The van der Waals surface area contributed by atoms with Gasteiger partial charge in [-0.3, -0.25) is 4.79 Å². The first-order valence-electron chi connectivity index (χ1n) is 4.94. The summed E-state index contributed by atoms with van der Waals surface area (Å²) in [6.45, 7) is 1.17. The van der Waals surface area contributed by atoms with E-state index in [0.29, 0.717) is 24.8 Å². The average Bonchev–Trinajstić information content (AvgIpc) is 2.27. The van der Waals surface area contributed by atoms with Crippen LogP contribution in [0.1, 0.15) is 0 Å². The van der Waals surface area contributed by atoms with Crippen LogP contribution in [0.2, 0.25) is 0 Å². The molecule has 6 heteroatoms. The number of nitrogens with two attached hydrogens (primary N) is 1. The Hall–Kier alpha value is -1.82. The Kier molecular flexibility index (Phi) is 5.07. The molecule has 0 aliphatic heterocycles. The van der Waals surface area contributed by atoms with Gasteiger partial charge >= 0.3 is 0 Å². The van der Waals surface area contributed by atoms with Crippen LogP contribution in [0.4, 0.5) is 11.6 Å². The number of amides is 1. The molecule has 0 fully saturated rings. The van der Waals surface area contributed by atoms with Gasteiger partial charge in [-0.1, -0.05) is 6.07 Å². The van der Waals surface area contributed by atoms with Crippen molar-refractivity contribution < 1.29 is 9.53 Å². The van der Waals surface area contributed by atoms with Gasteiger partial charge in [0.05, 0.1) is 13.2 Å². The Labute approximate surface area is 94.2 Å². The summed E-state index contributed by atoms with van der Waals surface area (Å²) in [4.78, 5) is 15.3. The summed E-state index contributed by atoms with van der Waals surface area (Å²) >= 11 is 0. The van der Waals surface area contributed by atoms with E-state index in [1.54, 1.807) is 25.3 Å². The second kappa shape index (κ2) is 6.62. The third kappa shape index (κ3) is 4.61. The highest BCUT2D eigenvalue weighted by Crippen LogP contribution is 2.04. The SMILES string of the molecule is COCCNC(=O)CNc1cccc(N)n1. The Bertz CT molecular complexity index is 343. The maximum Gasteiger partial charge on any atom is 0.239 e. The molecule has 1 aromatic rings. The van der Waals surface area contributed by atoms with Crippen molar-refractivity contribution >= 4 is 17.5 Å². The van der Waals surface area contributed by atoms with Crippen molar-refractivity contribution in [3.05, 3.63) is 18.2 Å². The molecule has 1 heterocycles. The number of nitrogens with one attached hydrogen (secondary N) is 2. The summed E-state index contributed by atoms with van der Waals surface area (Å²) in [6, 6.07) is 5.20. The van der Waals surface area contributed by atoms with Crippen LogP contribution in [0.3, 0.4) is 0 Å². The number of hydrogen-bond acceptors (Lipinski definition) is 5. The van der Waals surface area contributed by atoms with Crippen LogP contribution in [0.25, 0.3) is 0 Å².